The van der Waals surface area contributed by atoms with Crippen LogP contribution in [0.4, 0.5) is 0 Å². The summed E-state index contributed by atoms with van der Waals surface area (Å²) in [7, 11) is 0. The molecule has 0 saturated carbocycles. The summed E-state index contributed by atoms with van der Waals surface area (Å²) in [5.41, 5.74) is 1.97. The van der Waals surface area contributed by atoms with Crippen LogP contribution in [0.5, 0.6) is 0 Å². The SMILES string of the molecule is Cc1ccc(-c2n[nH]c(-c3cccs3)n2)cc1Cl. The summed E-state index contributed by atoms with van der Waals surface area (Å²) in [5, 5.41) is 9.92. The van der Waals surface area contributed by atoms with Gasteiger partial charge < -0.3 is 0 Å². The highest BCUT2D eigenvalue weighted by molar-refractivity contribution is 7.13. The first-order chi connectivity index (χ1) is 8.74. The van der Waals surface area contributed by atoms with Crippen molar-refractivity contribution in [1.82, 2.24) is 15.2 Å². The van der Waals surface area contributed by atoms with E-state index in [-0.39, 0.29) is 0 Å². The van der Waals surface area contributed by atoms with Crippen LogP contribution in [0.25, 0.3) is 22.1 Å². The maximum atomic E-state index is 6.11. The van der Waals surface area contributed by atoms with Crippen molar-refractivity contribution in [3.05, 3.63) is 46.3 Å². The van der Waals surface area contributed by atoms with Gasteiger partial charge in [-0.3, -0.25) is 5.10 Å². The molecule has 0 atom stereocenters. The van der Waals surface area contributed by atoms with Crippen molar-refractivity contribution < 1.29 is 0 Å². The van der Waals surface area contributed by atoms with Crippen LogP contribution in [0.1, 0.15) is 5.56 Å². The summed E-state index contributed by atoms with van der Waals surface area (Å²) in [4.78, 5) is 5.55. The standard InChI is InChI=1S/C13H10ClN3S/c1-8-4-5-9(7-10(8)14)12-15-13(17-16-12)11-3-2-6-18-11/h2-7H,1H3,(H,15,16,17). The molecule has 0 unspecified atom stereocenters. The molecule has 18 heavy (non-hydrogen) atoms. The van der Waals surface area contributed by atoms with Gasteiger partial charge in [0.1, 0.15) is 0 Å². The fourth-order valence-corrected chi connectivity index (χ4v) is 2.49. The van der Waals surface area contributed by atoms with Gasteiger partial charge in [-0.2, -0.15) is 5.10 Å². The van der Waals surface area contributed by atoms with E-state index in [1.807, 2.05) is 42.6 Å². The zero-order valence-electron chi connectivity index (χ0n) is 9.64. The first-order valence-electron chi connectivity index (χ1n) is 5.47. The highest BCUT2D eigenvalue weighted by atomic mass is 35.5. The Kier molecular flexibility index (Phi) is 2.89. The Morgan fingerprint density at radius 1 is 1.28 bits per heavy atom. The molecule has 0 aliphatic rings. The molecule has 1 aromatic carbocycles. The van der Waals surface area contributed by atoms with Crippen LogP contribution in [-0.2, 0) is 0 Å². The smallest absolute Gasteiger partial charge is 0.181 e. The van der Waals surface area contributed by atoms with E-state index >= 15 is 0 Å². The largest absolute Gasteiger partial charge is 0.258 e. The van der Waals surface area contributed by atoms with E-state index in [0.29, 0.717) is 5.82 Å². The lowest BCUT2D eigenvalue weighted by molar-refractivity contribution is 1.10. The van der Waals surface area contributed by atoms with Crippen LogP contribution < -0.4 is 0 Å². The maximum absolute atomic E-state index is 6.11. The lowest BCUT2D eigenvalue weighted by atomic mass is 10.1. The van der Waals surface area contributed by atoms with Crippen molar-refractivity contribution in [2.24, 2.45) is 0 Å². The van der Waals surface area contributed by atoms with Crippen molar-refractivity contribution in [1.29, 1.82) is 0 Å². The molecular weight excluding hydrogens is 266 g/mol. The number of aromatic nitrogens is 3. The van der Waals surface area contributed by atoms with Crippen LogP contribution >= 0.6 is 22.9 Å². The Morgan fingerprint density at radius 2 is 2.17 bits per heavy atom. The molecule has 2 aromatic heterocycles. The molecule has 0 saturated heterocycles. The van der Waals surface area contributed by atoms with Crippen LogP contribution in [0.2, 0.25) is 5.02 Å². The van der Waals surface area contributed by atoms with Crippen molar-refractivity contribution in [2.45, 2.75) is 6.92 Å². The predicted octanol–water partition coefficient (Wildman–Crippen LogP) is 4.16. The monoisotopic (exact) mass is 275 g/mol. The Balaban J connectivity index is 2.00. The van der Waals surface area contributed by atoms with Gasteiger partial charge in [-0.05, 0) is 30.0 Å². The number of aryl methyl sites for hydroxylation is 1. The van der Waals surface area contributed by atoms with Crippen LogP contribution in [0, 0.1) is 6.92 Å². The highest BCUT2D eigenvalue weighted by Crippen LogP contribution is 2.26. The van der Waals surface area contributed by atoms with E-state index in [2.05, 4.69) is 15.2 Å². The molecule has 0 bridgehead atoms. The Morgan fingerprint density at radius 3 is 2.89 bits per heavy atom. The molecule has 5 heteroatoms. The first kappa shape index (κ1) is 11.4. The van der Waals surface area contributed by atoms with Crippen LogP contribution in [0.3, 0.4) is 0 Å². The van der Waals surface area contributed by atoms with E-state index in [0.717, 1.165) is 26.9 Å². The minimum atomic E-state index is 0.667. The van der Waals surface area contributed by atoms with Gasteiger partial charge >= 0.3 is 0 Å². The van der Waals surface area contributed by atoms with Gasteiger partial charge in [-0.15, -0.1) is 11.3 Å². The number of hydrogen-bond donors (Lipinski definition) is 1. The second kappa shape index (κ2) is 4.55. The molecule has 1 N–H and O–H groups in total. The quantitative estimate of drug-likeness (QED) is 0.763. The lowest BCUT2D eigenvalue weighted by Crippen LogP contribution is -1.82. The summed E-state index contributed by atoms with van der Waals surface area (Å²) in [6, 6.07) is 9.84. The zero-order chi connectivity index (χ0) is 12.5. The van der Waals surface area contributed by atoms with Crippen molar-refractivity contribution in [2.75, 3.05) is 0 Å². The second-order valence-corrected chi connectivity index (χ2v) is 5.30. The summed E-state index contributed by atoms with van der Waals surface area (Å²) in [6.07, 6.45) is 0. The molecule has 3 aromatic rings. The highest BCUT2D eigenvalue weighted by Gasteiger charge is 2.09. The average Bonchev–Trinajstić information content (AvgIpc) is 3.01. The molecule has 0 spiro atoms. The maximum Gasteiger partial charge on any atom is 0.181 e. The van der Waals surface area contributed by atoms with E-state index in [9.17, 15) is 0 Å². The number of halogens is 1. The molecule has 0 radical (unpaired) electrons. The van der Waals surface area contributed by atoms with Gasteiger partial charge in [-0.25, -0.2) is 4.98 Å². The van der Waals surface area contributed by atoms with Gasteiger partial charge in [0.15, 0.2) is 11.6 Å². The predicted molar refractivity (Wildman–Crippen MR) is 74.9 cm³/mol. The third kappa shape index (κ3) is 2.05. The molecular formula is C13H10ClN3S. The zero-order valence-corrected chi connectivity index (χ0v) is 11.2. The third-order valence-electron chi connectivity index (χ3n) is 2.67. The van der Waals surface area contributed by atoms with Gasteiger partial charge in [0.05, 0.1) is 4.88 Å². The molecule has 0 aliphatic heterocycles. The van der Waals surface area contributed by atoms with Crippen molar-refractivity contribution in [3.8, 4) is 22.1 Å². The Labute approximate surface area is 113 Å². The molecule has 3 nitrogen and oxygen atoms in total. The molecule has 0 fully saturated rings. The van der Waals surface area contributed by atoms with Gasteiger partial charge in [0.25, 0.3) is 0 Å². The summed E-state index contributed by atoms with van der Waals surface area (Å²) in [6.45, 7) is 1.97. The number of hydrogen-bond acceptors (Lipinski definition) is 3. The molecule has 0 amide bonds. The molecule has 90 valence electrons. The van der Waals surface area contributed by atoms with E-state index in [1.165, 1.54) is 0 Å². The Bertz CT molecular complexity index is 673. The normalized spacial score (nSPS) is 10.8. The topological polar surface area (TPSA) is 41.6 Å². The number of rotatable bonds is 2. The lowest BCUT2D eigenvalue weighted by Gasteiger charge is -1.99. The van der Waals surface area contributed by atoms with E-state index in [4.69, 9.17) is 11.6 Å². The molecule has 3 rings (SSSR count). The number of thiophene rings is 1. The van der Waals surface area contributed by atoms with Crippen LogP contribution in [0.15, 0.2) is 35.7 Å². The number of nitrogens with zero attached hydrogens (tertiary/aromatic N) is 2. The third-order valence-corrected chi connectivity index (χ3v) is 3.95. The minimum Gasteiger partial charge on any atom is -0.258 e. The Hall–Kier alpha value is -1.65. The van der Waals surface area contributed by atoms with Gasteiger partial charge in [-0.1, -0.05) is 29.8 Å². The summed E-state index contributed by atoms with van der Waals surface area (Å²) in [5.74, 6) is 1.46. The van der Waals surface area contributed by atoms with Crippen molar-refractivity contribution >= 4 is 22.9 Å². The average molecular weight is 276 g/mol. The number of benzene rings is 1. The van der Waals surface area contributed by atoms with Gasteiger partial charge in [0, 0.05) is 10.6 Å². The number of H-pyrrole nitrogens is 1. The minimum absolute atomic E-state index is 0.667. The number of nitrogens with one attached hydrogen (secondary N) is 1. The number of aromatic amines is 1. The first-order valence-corrected chi connectivity index (χ1v) is 6.72. The fourth-order valence-electron chi connectivity index (χ4n) is 1.65. The summed E-state index contributed by atoms with van der Waals surface area (Å²) < 4.78 is 0. The van der Waals surface area contributed by atoms with E-state index in [1.54, 1.807) is 11.3 Å². The fraction of sp³-hybridized carbons (Fsp3) is 0.0769. The second-order valence-electron chi connectivity index (χ2n) is 3.95. The van der Waals surface area contributed by atoms with Gasteiger partial charge in [0.2, 0.25) is 0 Å². The molecule has 0 aliphatic carbocycles. The van der Waals surface area contributed by atoms with Crippen LogP contribution in [-0.4, -0.2) is 15.2 Å². The molecule has 2 heterocycles. The summed E-state index contributed by atoms with van der Waals surface area (Å²) >= 11 is 7.74. The van der Waals surface area contributed by atoms with E-state index < -0.39 is 0 Å². The van der Waals surface area contributed by atoms with Crippen molar-refractivity contribution in [3.63, 3.8) is 0 Å².